The van der Waals surface area contributed by atoms with Crippen LogP contribution in [0.5, 0.6) is 0 Å². The standard InChI is InChI=1S/C42H44N3/c1-4-6-30-44(36-17-10-8-11-18-36)38-26-22-33(23-27-38)42(41-32-35-16-14-15-21-40(35)43(41)3)34-24-28-39(29-25-34)45(31-7-5-2)37-19-12-9-13-20-37/h8-29,32H,4-7,30-31H2,1-3H3/q+1. The Bertz CT molecular complexity index is 1760. The number of hydrogen-bond acceptors (Lipinski definition) is 2. The predicted molar refractivity (Wildman–Crippen MR) is 193 cm³/mol. The maximum absolute atomic E-state index is 2.44. The maximum Gasteiger partial charge on any atom is 0.214 e. The third kappa shape index (κ3) is 6.63. The van der Waals surface area contributed by atoms with E-state index in [2.05, 4.69) is 175 Å². The molecule has 0 fully saturated rings. The first-order chi connectivity index (χ1) is 22.2. The van der Waals surface area contributed by atoms with Crippen LogP contribution in [0.1, 0.15) is 50.7 Å². The van der Waals surface area contributed by atoms with Crippen LogP contribution >= 0.6 is 0 Å². The van der Waals surface area contributed by atoms with Crippen LogP contribution in [0.25, 0.3) is 11.6 Å². The number of hydrogen-bond donors (Lipinski definition) is 0. The van der Waals surface area contributed by atoms with Crippen LogP contribution in [0.4, 0.5) is 22.7 Å². The Kier molecular flexibility index (Phi) is 9.56. The first-order valence-electron chi connectivity index (χ1n) is 16.5. The SMILES string of the molecule is CCCCN(c1ccccc1)c1ccc(C(=C2C=c3ccccc3=[N+]2C)c2ccc(N(CCCC)c3ccccc3)cc2)cc1. The summed E-state index contributed by atoms with van der Waals surface area (Å²) < 4.78 is 2.33. The lowest BCUT2D eigenvalue weighted by Crippen LogP contribution is -2.30. The van der Waals surface area contributed by atoms with E-state index in [0.717, 1.165) is 38.8 Å². The van der Waals surface area contributed by atoms with Crippen LogP contribution < -0.4 is 25.0 Å². The zero-order valence-electron chi connectivity index (χ0n) is 26.9. The lowest BCUT2D eigenvalue weighted by Gasteiger charge is -2.26. The minimum absolute atomic E-state index is 0.997. The van der Waals surface area contributed by atoms with Crippen molar-refractivity contribution in [3.8, 4) is 0 Å². The second-order valence-corrected chi connectivity index (χ2v) is 11.8. The van der Waals surface area contributed by atoms with Gasteiger partial charge in [0.15, 0.2) is 0 Å². The van der Waals surface area contributed by atoms with E-state index in [0.29, 0.717) is 0 Å². The van der Waals surface area contributed by atoms with E-state index in [1.807, 2.05) is 0 Å². The monoisotopic (exact) mass is 590 g/mol. The van der Waals surface area contributed by atoms with Crippen molar-refractivity contribution in [2.24, 2.45) is 0 Å². The molecule has 0 amide bonds. The lowest BCUT2D eigenvalue weighted by molar-refractivity contribution is 0.786. The molecule has 3 heteroatoms. The minimum atomic E-state index is 0.997. The molecular weight excluding hydrogens is 546 g/mol. The highest BCUT2D eigenvalue weighted by molar-refractivity contribution is 5.88. The van der Waals surface area contributed by atoms with E-state index >= 15 is 0 Å². The van der Waals surface area contributed by atoms with Gasteiger partial charge in [0.1, 0.15) is 7.05 Å². The predicted octanol–water partition coefficient (Wildman–Crippen LogP) is 8.94. The molecule has 0 aromatic heterocycles. The number of anilines is 4. The van der Waals surface area contributed by atoms with Crippen LogP contribution in [0.15, 0.2) is 139 Å². The van der Waals surface area contributed by atoms with Crippen molar-refractivity contribution in [3.63, 3.8) is 0 Å². The molecule has 5 aromatic rings. The van der Waals surface area contributed by atoms with E-state index in [9.17, 15) is 0 Å². The van der Waals surface area contributed by atoms with Crippen molar-refractivity contribution in [1.82, 2.24) is 4.58 Å². The Morgan fingerprint density at radius 3 is 1.38 bits per heavy atom. The van der Waals surface area contributed by atoms with Gasteiger partial charge < -0.3 is 9.80 Å². The molecule has 1 aliphatic rings. The zero-order chi connectivity index (χ0) is 31.0. The smallest absolute Gasteiger partial charge is 0.214 e. The average Bonchev–Trinajstić information content (AvgIpc) is 3.43. The Morgan fingerprint density at radius 2 is 0.933 bits per heavy atom. The number of nitrogens with zero attached hydrogens (tertiary/aromatic N) is 3. The van der Waals surface area contributed by atoms with E-state index in [4.69, 9.17) is 0 Å². The van der Waals surface area contributed by atoms with Crippen molar-refractivity contribution in [1.29, 1.82) is 0 Å². The second kappa shape index (κ2) is 14.3. The maximum atomic E-state index is 2.44. The minimum Gasteiger partial charge on any atom is -0.341 e. The summed E-state index contributed by atoms with van der Waals surface area (Å²) in [6.07, 6.45) is 6.96. The van der Waals surface area contributed by atoms with Crippen LogP contribution in [0, 0.1) is 0 Å². The molecule has 0 saturated carbocycles. The summed E-state index contributed by atoms with van der Waals surface area (Å²) in [6, 6.07) is 48.5. The quantitative estimate of drug-likeness (QED) is 0.134. The normalized spacial score (nSPS) is 12.1. The van der Waals surface area contributed by atoms with Gasteiger partial charge in [0, 0.05) is 48.0 Å². The highest BCUT2D eigenvalue weighted by atomic mass is 15.1. The summed E-state index contributed by atoms with van der Waals surface area (Å²) in [4.78, 5) is 4.88. The number of unbranched alkanes of at least 4 members (excludes halogenated alkanes) is 2. The fourth-order valence-corrected chi connectivity index (χ4v) is 6.27. The Labute approximate surface area is 268 Å². The molecule has 1 aliphatic heterocycles. The van der Waals surface area contributed by atoms with Crippen molar-refractivity contribution >= 4 is 34.4 Å². The van der Waals surface area contributed by atoms with E-state index in [1.54, 1.807) is 0 Å². The molecule has 0 aliphatic carbocycles. The number of benzene rings is 5. The lowest BCUT2D eigenvalue weighted by atomic mass is 9.94. The van der Waals surface area contributed by atoms with Gasteiger partial charge in [0.2, 0.25) is 11.1 Å². The average molecular weight is 591 g/mol. The highest BCUT2D eigenvalue weighted by Crippen LogP contribution is 2.34. The molecule has 0 spiro atoms. The Hall–Kier alpha value is -4.89. The molecule has 0 bridgehead atoms. The first-order valence-corrected chi connectivity index (χ1v) is 16.5. The molecule has 3 nitrogen and oxygen atoms in total. The summed E-state index contributed by atoms with van der Waals surface area (Å²) in [5, 5.41) is 2.49. The highest BCUT2D eigenvalue weighted by Gasteiger charge is 2.23. The van der Waals surface area contributed by atoms with Gasteiger partial charge in [-0.3, -0.25) is 0 Å². The molecule has 5 aromatic carbocycles. The molecule has 0 radical (unpaired) electrons. The third-order valence-corrected chi connectivity index (χ3v) is 8.75. The van der Waals surface area contributed by atoms with Crippen molar-refractivity contribution in [2.75, 3.05) is 29.9 Å². The van der Waals surface area contributed by atoms with Gasteiger partial charge in [0.25, 0.3) is 0 Å². The van der Waals surface area contributed by atoms with E-state index in [-0.39, 0.29) is 0 Å². The number of fused-ring (bicyclic) bond motifs is 1. The molecule has 0 N–H and O–H groups in total. The third-order valence-electron chi connectivity index (χ3n) is 8.75. The van der Waals surface area contributed by atoms with Gasteiger partial charge in [-0.25, -0.2) is 0 Å². The van der Waals surface area contributed by atoms with Crippen molar-refractivity contribution < 1.29 is 0 Å². The summed E-state index contributed by atoms with van der Waals surface area (Å²) in [5.41, 5.74) is 9.80. The van der Waals surface area contributed by atoms with Gasteiger partial charge >= 0.3 is 0 Å². The van der Waals surface area contributed by atoms with Gasteiger partial charge in [-0.15, -0.1) is 0 Å². The summed E-state index contributed by atoms with van der Waals surface area (Å²) >= 11 is 0. The topological polar surface area (TPSA) is 9.49 Å². The molecule has 6 rings (SSSR count). The van der Waals surface area contributed by atoms with Crippen molar-refractivity contribution in [2.45, 2.75) is 39.5 Å². The molecular formula is C42H44N3+. The van der Waals surface area contributed by atoms with Gasteiger partial charge in [0.05, 0.1) is 10.8 Å². The molecule has 226 valence electrons. The molecule has 45 heavy (non-hydrogen) atoms. The summed E-state index contributed by atoms with van der Waals surface area (Å²) in [7, 11) is 2.18. The Morgan fingerprint density at radius 1 is 0.511 bits per heavy atom. The van der Waals surface area contributed by atoms with Gasteiger partial charge in [-0.05, 0) is 78.6 Å². The van der Waals surface area contributed by atoms with E-state index < -0.39 is 0 Å². The molecule has 0 unspecified atom stereocenters. The van der Waals surface area contributed by atoms with Crippen LogP contribution in [-0.2, 0) is 0 Å². The summed E-state index contributed by atoms with van der Waals surface area (Å²) in [6.45, 7) is 6.51. The Balaban J connectivity index is 1.43. The van der Waals surface area contributed by atoms with Crippen molar-refractivity contribution in [3.05, 3.63) is 161 Å². The fourth-order valence-electron chi connectivity index (χ4n) is 6.27. The second-order valence-electron chi connectivity index (χ2n) is 11.8. The number of allylic oxidation sites excluding steroid dienone is 1. The van der Waals surface area contributed by atoms with Crippen LogP contribution in [0.2, 0.25) is 0 Å². The fraction of sp³-hybridized carbons (Fsp3) is 0.214. The molecule has 0 saturated heterocycles. The summed E-state index contributed by atoms with van der Waals surface area (Å²) in [5.74, 6) is 0. The largest absolute Gasteiger partial charge is 0.341 e. The number of para-hydroxylation sites is 3. The van der Waals surface area contributed by atoms with Gasteiger partial charge in [-0.1, -0.05) is 99.5 Å². The van der Waals surface area contributed by atoms with Crippen LogP contribution in [0.3, 0.4) is 0 Å². The molecule has 0 atom stereocenters. The number of rotatable bonds is 12. The first kappa shape index (κ1) is 30.1. The van der Waals surface area contributed by atoms with Crippen LogP contribution in [-0.4, -0.2) is 20.1 Å². The van der Waals surface area contributed by atoms with E-state index in [1.165, 1.54) is 55.7 Å². The van der Waals surface area contributed by atoms with Gasteiger partial charge in [-0.2, -0.15) is 4.58 Å². The molecule has 1 heterocycles. The zero-order valence-corrected chi connectivity index (χ0v) is 26.9.